The van der Waals surface area contributed by atoms with E-state index in [1.54, 1.807) is 6.92 Å². The molecule has 0 bridgehead atoms. The van der Waals surface area contributed by atoms with Crippen molar-refractivity contribution >= 4 is 12.4 Å². The summed E-state index contributed by atoms with van der Waals surface area (Å²) in [6.07, 6.45) is 7.10. The number of unbranched alkanes of at least 4 members (excludes halogenated alkanes) is 1. The summed E-state index contributed by atoms with van der Waals surface area (Å²) in [5.41, 5.74) is 3.68. The van der Waals surface area contributed by atoms with Crippen LogP contribution in [0.15, 0.2) is 48.5 Å². The molecule has 0 aromatic heterocycles. The molecule has 4 heteroatoms. The minimum atomic E-state index is -0.973. The van der Waals surface area contributed by atoms with Gasteiger partial charge >= 0.3 is 6.09 Å². The van der Waals surface area contributed by atoms with Crippen molar-refractivity contribution in [2.24, 2.45) is 0 Å². The summed E-state index contributed by atoms with van der Waals surface area (Å²) in [6, 6.07) is 16.3. The number of benzene rings is 2. The number of nitrogens with one attached hydrogen (secondary N) is 1. The molecule has 2 aromatic carbocycles. The topological polar surface area (TPSA) is 55.4 Å². The van der Waals surface area contributed by atoms with Crippen LogP contribution in [-0.4, -0.2) is 24.5 Å². The van der Waals surface area contributed by atoms with E-state index in [1.807, 2.05) is 24.3 Å². The van der Waals surface area contributed by atoms with Gasteiger partial charge in [0.05, 0.1) is 5.54 Å². The van der Waals surface area contributed by atoms with Crippen molar-refractivity contribution in [3.63, 3.8) is 0 Å². The molecule has 0 aliphatic heterocycles. The first-order valence-electron chi connectivity index (χ1n) is 9.11. The maximum Gasteiger partial charge on any atom is 0.407 e. The highest BCUT2D eigenvalue weighted by Crippen LogP contribution is 2.44. The Bertz CT molecular complexity index is 838. The summed E-state index contributed by atoms with van der Waals surface area (Å²) < 4.78 is 5.49. The average molecular weight is 361 g/mol. The summed E-state index contributed by atoms with van der Waals surface area (Å²) in [4.78, 5) is 23.7. The second-order valence-electron chi connectivity index (χ2n) is 7.04. The third-order valence-corrected chi connectivity index (χ3v) is 5.01. The Labute approximate surface area is 159 Å². The Morgan fingerprint density at radius 3 is 2.33 bits per heavy atom. The number of ether oxygens (including phenoxy) is 1. The number of carbonyl (C=O) groups excluding carboxylic acids is 2. The first-order chi connectivity index (χ1) is 13.1. The van der Waals surface area contributed by atoms with Crippen LogP contribution in [0.4, 0.5) is 4.79 Å². The van der Waals surface area contributed by atoms with Gasteiger partial charge in [-0.2, -0.15) is 0 Å². The Morgan fingerprint density at radius 1 is 1.19 bits per heavy atom. The van der Waals surface area contributed by atoms with Crippen LogP contribution in [0.2, 0.25) is 0 Å². The van der Waals surface area contributed by atoms with Gasteiger partial charge in [-0.15, -0.1) is 12.3 Å². The zero-order valence-corrected chi connectivity index (χ0v) is 15.4. The van der Waals surface area contributed by atoms with Gasteiger partial charge in [0.2, 0.25) is 0 Å². The van der Waals surface area contributed by atoms with Crippen molar-refractivity contribution in [1.29, 1.82) is 0 Å². The van der Waals surface area contributed by atoms with Crippen molar-refractivity contribution in [3.8, 4) is 23.5 Å². The second kappa shape index (κ2) is 8.09. The van der Waals surface area contributed by atoms with Gasteiger partial charge in [0, 0.05) is 12.3 Å². The van der Waals surface area contributed by atoms with Crippen LogP contribution in [0.5, 0.6) is 0 Å². The molecule has 1 N–H and O–H groups in total. The number of fused-ring (bicyclic) bond motifs is 3. The van der Waals surface area contributed by atoms with Gasteiger partial charge in [-0.05, 0) is 42.0 Å². The van der Waals surface area contributed by atoms with Gasteiger partial charge < -0.3 is 14.8 Å². The molecule has 27 heavy (non-hydrogen) atoms. The molecule has 4 nitrogen and oxygen atoms in total. The maximum absolute atomic E-state index is 12.3. The number of hydrogen-bond acceptors (Lipinski definition) is 3. The predicted molar refractivity (Wildman–Crippen MR) is 105 cm³/mol. The smallest absolute Gasteiger partial charge is 0.407 e. The molecule has 2 aromatic rings. The van der Waals surface area contributed by atoms with E-state index in [-0.39, 0.29) is 12.5 Å². The standard InChI is InChI=1S/C23H23NO3/c1-3-4-9-14-23(2,16-25)24-22(26)27-15-21-19-12-7-5-10-17(19)18-11-6-8-13-20(18)21/h1,5-8,10-13,16,21H,4,9,14-15H2,2H3,(H,24,26)/t23-/m0/s1. The average Bonchev–Trinajstić information content (AvgIpc) is 3.00. The molecule has 1 aliphatic rings. The van der Waals surface area contributed by atoms with Crippen LogP contribution in [0.1, 0.15) is 43.2 Å². The lowest BCUT2D eigenvalue weighted by molar-refractivity contribution is -0.113. The van der Waals surface area contributed by atoms with E-state index in [1.165, 1.54) is 11.1 Å². The Balaban J connectivity index is 1.67. The molecule has 1 amide bonds. The van der Waals surface area contributed by atoms with Crippen molar-refractivity contribution in [3.05, 3.63) is 59.7 Å². The molecule has 0 unspecified atom stereocenters. The van der Waals surface area contributed by atoms with E-state index in [0.29, 0.717) is 19.3 Å². The van der Waals surface area contributed by atoms with Crippen LogP contribution in [0.3, 0.4) is 0 Å². The molecular formula is C23H23NO3. The molecule has 0 radical (unpaired) electrons. The summed E-state index contributed by atoms with van der Waals surface area (Å²) in [5, 5.41) is 2.68. The van der Waals surface area contributed by atoms with Crippen LogP contribution in [-0.2, 0) is 9.53 Å². The van der Waals surface area contributed by atoms with Crippen LogP contribution < -0.4 is 5.32 Å². The van der Waals surface area contributed by atoms with Gasteiger partial charge in [-0.1, -0.05) is 48.5 Å². The molecule has 138 valence electrons. The zero-order valence-electron chi connectivity index (χ0n) is 15.4. The summed E-state index contributed by atoms with van der Waals surface area (Å²) >= 11 is 0. The minimum Gasteiger partial charge on any atom is -0.449 e. The fourth-order valence-corrected chi connectivity index (χ4v) is 3.58. The number of aldehydes is 1. The monoisotopic (exact) mass is 361 g/mol. The van der Waals surface area contributed by atoms with Crippen LogP contribution >= 0.6 is 0 Å². The highest BCUT2D eigenvalue weighted by atomic mass is 16.5. The molecule has 0 saturated carbocycles. The van der Waals surface area contributed by atoms with E-state index >= 15 is 0 Å². The Kier molecular flexibility index (Phi) is 5.61. The van der Waals surface area contributed by atoms with Crippen molar-refractivity contribution < 1.29 is 14.3 Å². The molecule has 0 saturated heterocycles. The zero-order chi connectivity index (χ0) is 19.3. The van der Waals surface area contributed by atoms with E-state index < -0.39 is 11.6 Å². The summed E-state index contributed by atoms with van der Waals surface area (Å²) in [6.45, 7) is 1.90. The highest BCUT2D eigenvalue weighted by Gasteiger charge is 2.30. The fourth-order valence-electron chi connectivity index (χ4n) is 3.58. The predicted octanol–water partition coefficient (Wildman–Crippen LogP) is 4.29. The first kappa shape index (κ1) is 18.7. The lowest BCUT2D eigenvalue weighted by Crippen LogP contribution is -2.47. The number of alkyl carbamates (subject to hydrolysis) is 1. The first-order valence-corrected chi connectivity index (χ1v) is 9.11. The van der Waals surface area contributed by atoms with E-state index in [0.717, 1.165) is 17.4 Å². The van der Waals surface area contributed by atoms with Crippen molar-refractivity contribution in [2.45, 2.75) is 37.6 Å². The number of rotatable bonds is 7. The number of carbonyl (C=O) groups is 2. The Morgan fingerprint density at radius 2 is 1.78 bits per heavy atom. The van der Waals surface area contributed by atoms with Gasteiger partial charge in [-0.3, -0.25) is 0 Å². The highest BCUT2D eigenvalue weighted by molar-refractivity contribution is 5.79. The molecule has 0 heterocycles. The third-order valence-electron chi connectivity index (χ3n) is 5.01. The maximum atomic E-state index is 12.3. The number of terminal acetylenes is 1. The van der Waals surface area contributed by atoms with E-state index in [2.05, 4.69) is 35.5 Å². The van der Waals surface area contributed by atoms with Gasteiger partial charge in [0.1, 0.15) is 12.9 Å². The van der Waals surface area contributed by atoms with Crippen molar-refractivity contribution in [1.82, 2.24) is 5.32 Å². The Hall–Kier alpha value is -3.06. The minimum absolute atomic E-state index is 0.00734. The molecular weight excluding hydrogens is 338 g/mol. The normalized spacial score (nSPS) is 14.4. The lowest BCUT2D eigenvalue weighted by atomic mass is 9.97. The van der Waals surface area contributed by atoms with Crippen LogP contribution in [0.25, 0.3) is 11.1 Å². The summed E-state index contributed by atoms with van der Waals surface area (Å²) in [5.74, 6) is 2.53. The van der Waals surface area contributed by atoms with E-state index in [4.69, 9.17) is 11.2 Å². The molecule has 1 atom stereocenters. The van der Waals surface area contributed by atoms with Gasteiger partial charge in [-0.25, -0.2) is 4.79 Å². The SMILES string of the molecule is C#CCCC[C@@](C)(C=O)NC(=O)OCC1c2ccccc2-c2ccccc21. The van der Waals surface area contributed by atoms with Gasteiger partial charge in [0.15, 0.2) is 0 Å². The summed E-state index contributed by atoms with van der Waals surface area (Å²) in [7, 11) is 0. The van der Waals surface area contributed by atoms with Gasteiger partial charge in [0.25, 0.3) is 0 Å². The molecule has 3 rings (SSSR count). The molecule has 0 spiro atoms. The number of amides is 1. The quantitative estimate of drug-likeness (QED) is 0.455. The van der Waals surface area contributed by atoms with Crippen LogP contribution in [0, 0.1) is 12.3 Å². The lowest BCUT2D eigenvalue weighted by Gasteiger charge is -2.24. The molecule has 1 aliphatic carbocycles. The van der Waals surface area contributed by atoms with E-state index in [9.17, 15) is 9.59 Å². The molecule has 0 fully saturated rings. The third kappa shape index (κ3) is 4.03. The van der Waals surface area contributed by atoms with Crippen molar-refractivity contribution in [2.75, 3.05) is 6.61 Å². The second-order valence-corrected chi connectivity index (χ2v) is 7.04. The fraction of sp³-hybridized carbons (Fsp3) is 0.304. The largest absolute Gasteiger partial charge is 0.449 e. The number of hydrogen-bond donors (Lipinski definition) is 1.